The molecule has 0 aliphatic carbocycles. The number of hydrogen-bond acceptors (Lipinski definition) is 11. The number of Topliss-reactive ketones (excluding diaryl/α,β-unsaturated/α-hetero) is 3. The Labute approximate surface area is 367 Å². The van der Waals surface area contributed by atoms with Gasteiger partial charge in [-0.3, -0.25) is 24.0 Å². The topological polar surface area (TPSA) is 221 Å². The van der Waals surface area contributed by atoms with Crippen molar-refractivity contribution in [2.45, 2.75) is 110 Å². The third kappa shape index (κ3) is 13.5. The molecule has 4 rings (SSSR count). The lowest BCUT2D eigenvalue weighted by Crippen LogP contribution is -2.46. The lowest BCUT2D eigenvalue weighted by atomic mass is 9.87. The van der Waals surface area contributed by atoms with Crippen LogP contribution in [0.15, 0.2) is 54.6 Å². The molecule has 1 heterocycles. The molecule has 0 fully saturated rings. The van der Waals surface area contributed by atoms with E-state index in [1.54, 1.807) is 37.3 Å². The van der Waals surface area contributed by atoms with Gasteiger partial charge in [0.25, 0.3) is 0 Å². The SMILES string of the molecule is CCCCCCCc1ccc(C(=O)C[C@H](CCN)C(=O)N(C)[C@@H]2C(=O)C[C@@H](C)C(=O)N[C@H](C(=O)CCC#N)Cc3ccc(OCCN)c(c3)-c3cc2ccc3OCCN)c(C)c1. The second-order valence-corrected chi connectivity index (χ2v) is 16.4. The zero-order chi connectivity index (χ0) is 45.2. The average Bonchev–Trinajstić information content (AvgIpc) is 3.26. The van der Waals surface area contributed by atoms with Gasteiger partial charge in [-0.25, -0.2) is 0 Å². The molecule has 1 aliphatic heterocycles. The summed E-state index contributed by atoms with van der Waals surface area (Å²) in [6.07, 6.45) is 6.66. The van der Waals surface area contributed by atoms with E-state index in [1.807, 2.05) is 31.2 Å². The highest BCUT2D eigenvalue weighted by Crippen LogP contribution is 2.41. The van der Waals surface area contributed by atoms with Gasteiger partial charge in [0.05, 0.1) is 12.1 Å². The largest absolute Gasteiger partial charge is 0.492 e. The first-order valence-corrected chi connectivity index (χ1v) is 22.1. The third-order valence-corrected chi connectivity index (χ3v) is 11.5. The first-order chi connectivity index (χ1) is 29.9. The molecule has 0 aromatic heterocycles. The van der Waals surface area contributed by atoms with Crippen LogP contribution in [0, 0.1) is 30.1 Å². The van der Waals surface area contributed by atoms with Crippen LogP contribution in [0.4, 0.5) is 0 Å². The fourth-order valence-electron chi connectivity index (χ4n) is 8.10. The Morgan fingerprint density at radius 3 is 2.21 bits per heavy atom. The van der Waals surface area contributed by atoms with Gasteiger partial charge in [0.1, 0.15) is 30.8 Å². The van der Waals surface area contributed by atoms with Crippen molar-refractivity contribution in [1.29, 1.82) is 5.26 Å². The second kappa shape index (κ2) is 24.9. The maximum atomic E-state index is 14.7. The summed E-state index contributed by atoms with van der Waals surface area (Å²) in [4.78, 5) is 71.9. The van der Waals surface area contributed by atoms with E-state index >= 15 is 0 Å². The van der Waals surface area contributed by atoms with Crippen molar-refractivity contribution in [2.24, 2.45) is 29.0 Å². The Morgan fingerprint density at radius 2 is 1.56 bits per heavy atom. The number of rotatable bonds is 22. The molecule has 0 radical (unpaired) electrons. The minimum absolute atomic E-state index is 0.0189. The van der Waals surface area contributed by atoms with Crippen molar-refractivity contribution in [1.82, 2.24) is 10.2 Å². The van der Waals surface area contributed by atoms with Crippen LogP contribution in [-0.2, 0) is 32.0 Å². The molecule has 0 saturated heterocycles. The number of carbonyl (C=O) groups excluding carboxylic acids is 5. The minimum atomic E-state index is -1.19. The van der Waals surface area contributed by atoms with Gasteiger partial charge in [-0.15, -0.1) is 0 Å². The number of nitrogens with zero attached hydrogens (tertiary/aromatic N) is 2. The zero-order valence-corrected chi connectivity index (χ0v) is 37.0. The maximum Gasteiger partial charge on any atom is 0.226 e. The van der Waals surface area contributed by atoms with Crippen LogP contribution >= 0.6 is 0 Å². The smallest absolute Gasteiger partial charge is 0.226 e. The molecule has 0 unspecified atom stereocenters. The molecule has 2 amide bonds. The van der Waals surface area contributed by atoms with Crippen molar-refractivity contribution in [3.63, 3.8) is 0 Å². The van der Waals surface area contributed by atoms with Crippen molar-refractivity contribution in [3.8, 4) is 28.7 Å². The van der Waals surface area contributed by atoms with E-state index in [9.17, 15) is 29.2 Å². The minimum Gasteiger partial charge on any atom is -0.492 e. The van der Waals surface area contributed by atoms with E-state index in [4.69, 9.17) is 26.7 Å². The van der Waals surface area contributed by atoms with E-state index < -0.39 is 41.5 Å². The number of unbranched alkanes of at least 4 members (excludes halogenated alkanes) is 4. The van der Waals surface area contributed by atoms with Gasteiger partial charge >= 0.3 is 0 Å². The number of benzene rings is 3. The molecule has 0 saturated carbocycles. The molecule has 13 heteroatoms. The van der Waals surface area contributed by atoms with Gasteiger partial charge in [0.2, 0.25) is 11.8 Å². The number of ether oxygens (including phenoxy) is 2. The Hall–Kier alpha value is -5.42. The van der Waals surface area contributed by atoms with Gasteiger partial charge < -0.3 is 36.9 Å². The summed E-state index contributed by atoms with van der Waals surface area (Å²) in [7, 11) is 1.53. The van der Waals surface area contributed by atoms with E-state index in [0.29, 0.717) is 39.3 Å². The highest BCUT2D eigenvalue weighted by atomic mass is 16.5. The molecule has 3 aromatic carbocycles. The molecule has 62 heavy (non-hydrogen) atoms. The quantitative estimate of drug-likeness (QED) is 0.0669. The monoisotopic (exact) mass is 850 g/mol. The lowest BCUT2D eigenvalue weighted by molar-refractivity contribution is -0.142. The molecule has 7 N–H and O–H groups in total. The van der Waals surface area contributed by atoms with E-state index in [1.165, 1.54) is 36.8 Å². The highest BCUT2D eigenvalue weighted by molar-refractivity contribution is 6.01. The second-order valence-electron chi connectivity index (χ2n) is 16.4. The van der Waals surface area contributed by atoms with Crippen LogP contribution in [0.3, 0.4) is 0 Å². The van der Waals surface area contributed by atoms with Crippen LogP contribution in [0.5, 0.6) is 11.5 Å². The summed E-state index contributed by atoms with van der Waals surface area (Å²) in [6, 6.07) is 16.3. The summed E-state index contributed by atoms with van der Waals surface area (Å²) >= 11 is 0. The Balaban J connectivity index is 1.78. The number of nitriles is 1. The molecule has 0 spiro atoms. The van der Waals surface area contributed by atoms with Crippen molar-refractivity contribution < 1.29 is 33.4 Å². The van der Waals surface area contributed by atoms with Gasteiger partial charge in [0, 0.05) is 74.3 Å². The fourth-order valence-corrected chi connectivity index (χ4v) is 8.10. The first-order valence-electron chi connectivity index (χ1n) is 22.1. The van der Waals surface area contributed by atoms with Crippen LogP contribution in [0.2, 0.25) is 0 Å². The van der Waals surface area contributed by atoms with Gasteiger partial charge in [-0.05, 0) is 85.7 Å². The summed E-state index contributed by atoms with van der Waals surface area (Å²) < 4.78 is 12.2. The van der Waals surface area contributed by atoms with Crippen LogP contribution in [0.1, 0.15) is 117 Å². The van der Waals surface area contributed by atoms with Gasteiger partial charge in [0.15, 0.2) is 17.3 Å². The average molecular weight is 851 g/mol. The Bertz CT molecular complexity index is 2060. The number of ketones is 3. The van der Waals surface area contributed by atoms with E-state index in [2.05, 4.69) is 18.3 Å². The van der Waals surface area contributed by atoms with Crippen LogP contribution < -0.4 is 32.0 Å². The number of hydrogen-bond donors (Lipinski definition) is 4. The van der Waals surface area contributed by atoms with Crippen LogP contribution in [-0.4, -0.2) is 80.0 Å². The standard InChI is InChI=1S/C49H66N6O7/c1-5-6-7-8-9-11-34-13-16-38(32(2)26-34)43(57)31-37(19-21-51)49(60)55(4)47-36-15-18-46(62-25-23-53)40(30-36)39-28-35(14-17-45(39)61-24-22-52)29-41(42(56)12-10-20-50)54-48(59)33(3)27-44(47)58/h13-18,26,28,30,33,37,41,47H,5-12,19,21-25,27,29,31,51-53H2,1-4H3,(H,54,59)/t33-,37+,41+,47+/m1/s1. The Morgan fingerprint density at radius 1 is 0.887 bits per heavy atom. The van der Waals surface area contributed by atoms with Gasteiger partial charge in [-0.1, -0.05) is 69.9 Å². The molecular weight excluding hydrogens is 785 g/mol. The zero-order valence-electron chi connectivity index (χ0n) is 37.0. The van der Waals surface area contributed by atoms with Crippen molar-refractivity contribution in [2.75, 3.05) is 39.9 Å². The highest BCUT2D eigenvalue weighted by Gasteiger charge is 2.36. The molecular formula is C49H66N6O7. The van der Waals surface area contributed by atoms with Crippen LogP contribution in [0.25, 0.3) is 11.1 Å². The molecule has 3 aromatic rings. The summed E-state index contributed by atoms with van der Waals surface area (Å²) in [5, 5.41) is 12.1. The number of amides is 2. The maximum absolute atomic E-state index is 14.7. The summed E-state index contributed by atoms with van der Waals surface area (Å²) in [6.45, 7) is 6.67. The van der Waals surface area contributed by atoms with Gasteiger partial charge in [-0.2, -0.15) is 5.26 Å². The predicted octanol–water partition coefficient (Wildman–Crippen LogP) is 6.10. The fraction of sp³-hybridized carbons (Fsp3) is 0.510. The molecule has 13 nitrogen and oxygen atoms in total. The Kier molecular flexibility index (Phi) is 19.8. The number of carbonyl (C=O) groups is 5. The number of fused-ring (bicyclic) bond motifs is 5. The number of likely N-dealkylation sites (N-methyl/N-ethyl adjacent to an activating group) is 1. The third-order valence-electron chi connectivity index (χ3n) is 11.5. The number of nitrogens with one attached hydrogen (secondary N) is 1. The van der Waals surface area contributed by atoms with E-state index in [0.717, 1.165) is 24.8 Å². The summed E-state index contributed by atoms with van der Waals surface area (Å²) in [5.74, 6) is -2.73. The number of nitrogens with two attached hydrogens (primary N) is 3. The summed E-state index contributed by atoms with van der Waals surface area (Å²) in [5.41, 5.74) is 22.6. The number of aryl methyl sites for hydroxylation is 2. The predicted molar refractivity (Wildman–Crippen MR) is 241 cm³/mol. The normalized spacial score (nSPS) is 17.0. The van der Waals surface area contributed by atoms with E-state index in [-0.39, 0.29) is 82.9 Å². The molecule has 1 aliphatic rings. The lowest BCUT2D eigenvalue weighted by Gasteiger charge is -2.32. The first kappa shape index (κ1) is 49.2. The molecule has 334 valence electrons. The van der Waals surface area contributed by atoms with Crippen molar-refractivity contribution in [3.05, 3.63) is 82.4 Å². The molecule has 4 bridgehead atoms. The van der Waals surface area contributed by atoms with Crippen molar-refractivity contribution >= 4 is 29.2 Å². The molecule has 4 atom stereocenters.